The van der Waals surface area contributed by atoms with Gasteiger partial charge in [-0.15, -0.1) is 0 Å². The Kier molecular flexibility index (Phi) is 2.91. The molecule has 0 unspecified atom stereocenters. The maximum Gasteiger partial charge on any atom is 0.322 e. The molecule has 6 heteroatoms. The van der Waals surface area contributed by atoms with Crippen molar-refractivity contribution in [2.75, 3.05) is 6.54 Å². The first-order valence-corrected chi connectivity index (χ1v) is 3.45. The molecular weight excluding hydrogens is 174 g/mol. The van der Waals surface area contributed by atoms with E-state index in [1.54, 1.807) is 0 Å². The van der Waals surface area contributed by atoms with Gasteiger partial charge in [0.15, 0.2) is 0 Å². The number of aliphatic carboxylic acids is 1. The van der Waals surface area contributed by atoms with Gasteiger partial charge in [0.25, 0.3) is 5.91 Å². The molecule has 0 aromatic carbocycles. The minimum atomic E-state index is -1.09. The molecule has 1 heterocycles. The first-order valence-electron chi connectivity index (χ1n) is 3.45. The number of carbonyl (C=O) groups is 2. The van der Waals surface area contributed by atoms with E-state index < -0.39 is 18.4 Å². The molecule has 1 aromatic heterocycles. The lowest BCUT2D eigenvalue weighted by Crippen LogP contribution is -2.29. The van der Waals surface area contributed by atoms with Gasteiger partial charge in [0.05, 0.1) is 5.56 Å². The molecule has 1 rings (SSSR count). The maximum absolute atomic E-state index is 11.1. The third-order valence-electron chi connectivity index (χ3n) is 1.22. The van der Waals surface area contributed by atoms with E-state index in [1.807, 2.05) is 0 Å². The van der Waals surface area contributed by atoms with Crippen LogP contribution in [-0.2, 0) is 4.79 Å². The van der Waals surface area contributed by atoms with Crippen LogP contribution >= 0.6 is 0 Å². The van der Waals surface area contributed by atoms with Crippen LogP contribution in [0.5, 0.6) is 0 Å². The number of carboxylic acid groups (broad SMARTS) is 1. The molecule has 0 radical (unpaired) electrons. The van der Waals surface area contributed by atoms with Crippen molar-refractivity contribution in [3.05, 3.63) is 24.3 Å². The van der Waals surface area contributed by atoms with Gasteiger partial charge in [0.2, 0.25) is 0 Å². The summed E-state index contributed by atoms with van der Waals surface area (Å²) in [5, 5.41) is 10.4. The van der Waals surface area contributed by atoms with Crippen LogP contribution in [0.2, 0.25) is 0 Å². The summed E-state index contributed by atoms with van der Waals surface area (Å²) in [5.41, 5.74) is 0.240. The van der Waals surface area contributed by atoms with Crippen LogP contribution in [0.1, 0.15) is 10.4 Å². The SMILES string of the molecule is O=C(O)CNC(=O)c1cncnc1. The van der Waals surface area contributed by atoms with Crippen LogP contribution < -0.4 is 5.32 Å². The van der Waals surface area contributed by atoms with E-state index in [2.05, 4.69) is 15.3 Å². The number of hydrogen-bond acceptors (Lipinski definition) is 4. The van der Waals surface area contributed by atoms with E-state index in [1.165, 1.54) is 18.7 Å². The molecule has 0 atom stereocenters. The highest BCUT2D eigenvalue weighted by Crippen LogP contribution is 1.91. The molecule has 0 bridgehead atoms. The van der Waals surface area contributed by atoms with Crippen molar-refractivity contribution in [3.63, 3.8) is 0 Å². The normalized spacial score (nSPS) is 9.23. The summed E-state index contributed by atoms with van der Waals surface area (Å²) in [7, 11) is 0. The fourth-order valence-electron chi connectivity index (χ4n) is 0.674. The highest BCUT2D eigenvalue weighted by Gasteiger charge is 2.06. The lowest BCUT2D eigenvalue weighted by atomic mass is 10.3. The molecule has 6 nitrogen and oxygen atoms in total. The van der Waals surface area contributed by atoms with E-state index in [0.29, 0.717) is 0 Å². The second-order valence-corrected chi connectivity index (χ2v) is 2.20. The van der Waals surface area contributed by atoms with Crippen molar-refractivity contribution in [2.45, 2.75) is 0 Å². The quantitative estimate of drug-likeness (QED) is 0.642. The smallest absolute Gasteiger partial charge is 0.322 e. The molecule has 0 spiro atoms. The van der Waals surface area contributed by atoms with Gasteiger partial charge in [0, 0.05) is 12.4 Å². The Labute approximate surface area is 73.6 Å². The molecule has 0 saturated heterocycles. The van der Waals surface area contributed by atoms with Gasteiger partial charge in [-0.25, -0.2) is 9.97 Å². The lowest BCUT2D eigenvalue weighted by molar-refractivity contribution is -0.135. The number of amides is 1. The Morgan fingerprint density at radius 1 is 1.38 bits per heavy atom. The van der Waals surface area contributed by atoms with Crippen LogP contribution in [0.15, 0.2) is 18.7 Å². The Morgan fingerprint density at radius 3 is 2.54 bits per heavy atom. The fraction of sp³-hybridized carbons (Fsp3) is 0.143. The van der Waals surface area contributed by atoms with E-state index in [-0.39, 0.29) is 5.56 Å². The lowest BCUT2D eigenvalue weighted by Gasteiger charge is -1.99. The fourth-order valence-corrected chi connectivity index (χ4v) is 0.674. The number of carbonyl (C=O) groups excluding carboxylic acids is 1. The molecule has 0 aliphatic carbocycles. The second-order valence-electron chi connectivity index (χ2n) is 2.20. The van der Waals surface area contributed by atoms with Gasteiger partial charge in [-0.1, -0.05) is 0 Å². The zero-order chi connectivity index (χ0) is 9.68. The first kappa shape index (κ1) is 9.11. The van der Waals surface area contributed by atoms with Gasteiger partial charge in [0.1, 0.15) is 12.9 Å². The van der Waals surface area contributed by atoms with Gasteiger partial charge in [-0.05, 0) is 0 Å². The standard InChI is InChI=1S/C7H7N3O3/c11-6(12)3-10-7(13)5-1-8-4-9-2-5/h1-2,4H,3H2,(H,10,13)(H,11,12). The summed E-state index contributed by atoms with van der Waals surface area (Å²) < 4.78 is 0. The van der Waals surface area contributed by atoms with Crippen LogP contribution in [0.25, 0.3) is 0 Å². The molecule has 68 valence electrons. The molecule has 0 fully saturated rings. The van der Waals surface area contributed by atoms with Crippen LogP contribution in [0.4, 0.5) is 0 Å². The predicted octanol–water partition coefficient (Wildman–Crippen LogP) is -0.709. The Balaban J connectivity index is 2.54. The zero-order valence-electron chi connectivity index (χ0n) is 6.60. The van der Waals surface area contributed by atoms with E-state index in [4.69, 9.17) is 5.11 Å². The van der Waals surface area contributed by atoms with Crippen LogP contribution in [-0.4, -0.2) is 33.5 Å². The average Bonchev–Trinajstić information content (AvgIpc) is 2.15. The van der Waals surface area contributed by atoms with E-state index in [9.17, 15) is 9.59 Å². The zero-order valence-corrected chi connectivity index (χ0v) is 6.60. The van der Waals surface area contributed by atoms with Crippen LogP contribution in [0, 0.1) is 0 Å². The Bertz CT molecular complexity index is 312. The summed E-state index contributed by atoms with van der Waals surface area (Å²) in [6, 6.07) is 0. The highest BCUT2D eigenvalue weighted by atomic mass is 16.4. The molecule has 2 N–H and O–H groups in total. The number of aromatic nitrogens is 2. The monoisotopic (exact) mass is 181 g/mol. The van der Waals surface area contributed by atoms with E-state index in [0.717, 1.165) is 0 Å². The van der Waals surface area contributed by atoms with Crippen molar-refractivity contribution in [2.24, 2.45) is 0 Å². The Hall–Kier alpha value is -1.98. The van der Waals surface area contributed by atoms with Crippen molar-refractivity contribution in [3.8, 4) is 0 Å². The van der Waals surface area contributed by atoms with Gasteiger partial charge >= 0.3 is 5.97 Å². The number of carboxylic acids is 1. The number of nitrogens with zero attached hydrogens (tertiary/aromatic N) is 2. The largest absolute Gasteiger partial charge is 0.480 e. The van der Waals surface area contributed by atoms with Crippen LogP contribution in [0.3, 0.4) is 0 Å². The molecule has 0 saturated carbocycles. The topological polar surface area (TPSA) is 92.2 Å². The third-order valence-corrected chi connectivity index (χ3v) is 1.22. The summed E-state index contributed by atoms with van der Waals surface area (Å²) in [6.07, 6.45) is 3.91. The van der Waals surface area contributed by atoms with Crippen molar-refractivity contribution < 1.29 is 14.7 Å². The summed E-state index contributed by atoms with van der Waals surface area (Å²) in [4.78, 5) is 28.4. The highest BCUT2D eigenvalue weighted by molar-refractivity contribution is 5.95. The third kappa shape index (κ3) is 2.86. The molecule has 1 aromatic rings. The number of rotatable bonds is 3. The van der Waals surface area contributed by atoms with Gasteiger partial charge < -0.3 is 10.4 Å². The Morgan fingerprint density at radius 2 is 2.00 bits per heavy atom. The molecule has 0 aliphatic heterocycles. The van der Waals surface area contributed by atoms with Crippen molar-refractivity contribution in [1.82, 2.24) is 15.3 Å². The number of nitrogens with one attached hydrogen (secondary N) is 1. The predicted molar refractivity (Wildman–Crippen MR) is 42.0 cm³/mol. The van der Waals surface area contributed by atoms with E-state index >= 15 is 0 Å². The minimum Gasteiger partial charge on any atom is -0.480 e. The molecule has 13 heavy (non-hydrogen) atoms. The molecule has 0 aliphatic rings. The minimum absolute atomic E-state index is 0.240. The van der Waals surface area contributed by atoms with Gasteiger partial charge in [-0.3, -0.25) is 9.59 Å². The summed E-state index contributed by atoms with van der Waals surface area (Å²) in [6.45, 7) is -0.409. The summed E-state index contributed by atoms with van der Waals surface area (Å²) >= 11 is 0. The maximum atomic E-state index is 11.1. The van der Waals surface area contributed by atoms with Crippen molar-refractivity contribution >= 4 is 11.9 Å². The molecular formula is C7H7N3O3. The average molecular weight is 181 g/mol. The second kappa shape index (κ2) is 4.15. The van der Waals surface area contributed by atoms with Crippen molar-refractivity contribution in [1.29, 1.82) is 0 Å². The summed E-state index contributed by atoms with van der Waals surface area (Å²) in [5.74, 6) is -1.59. The number of hydrogen-bond donors (Lipinski definition) is 2. The first-order chi connectivity index (χ1) is 6.20. The molecule has 1 amide bonds. The van der Waals surface area contributed by atoms with Gasteiger partial charge in [-0.2, -0.15) is 0 Å².